The van der Waals surface area contributed by atoms with E-state index in [0.717, 1.165) is 16.2 Å². The molecule has 2 heterocycles. The lowest BCUT2D eigenvalue weighted by molar-refractivity contribution is 0.102. The van der Waals surface area contributed by atoms with Crippen molar-refractivity contribution >= 4 is 57.0 Å². The van der Waals surface area contributed by atoms with Gasteiger partial charge in [-0.15, -0.1) is 21.5 Å². The fourth-order valence-corrected chi connectivity index (χ4v) is 3.65. The summed E-state index contributed by atoms with van der Waals surface area (Å²) in [6, 6.07) is 9.45. The third-order valence-electron chi connectivity index (χ3n) is 2.96. The van der Waals surface area contributed by atoms with Gasteiger partial charge in [0, 0.05) is 15.4 Å². The number of aromatic nitrogens is 2. The molecule has 24 heavy (non-hydrogen) atoms. The van der Waals surface area contributed by atoms with Gasteiger partial charge in [0.25, 0.3) is 5.91 Å². The normalized spacial score (nSPS) is 11.5. The first-order chi connectivity index (χ1) is 11.5. The molecule has 122 valence electrons. The van der Waals surface area contributed by atoms with Crippen molar-refractivity contribution in [2.24, 2.45) is 0 Å². The first-order valence-corrected chi connectivity index (χ1v) is 8.87. The van der Waals surface area contributed by atoms with Gasteiger partial charge < -0.3 is 5.32 Å². The van der Waals surface area contributed by atoms with Crippen LogP contribution in [0.4, 0.5) is 10.1 Å². The average Bonchev–Trinajstić information content (AvgIpc) is 3.19. The molecule has 0 radical (unpaired) electrons. The minimum absolute atomic E-state index is 0.184. The van der Waals surface area contributed by atoms with Gasteiger partial charge in [-0.3, -0.25) is 4.79 Å². The van der Waals surface area contributed by atoms with E-state index in [0.29, 0.717) is 15.7 Å². The Morgan fingerprint density at radius 3 is 2.50 bits per heavy atom. The highest BCUT2D eigenvalue weighted by Crippen LogP contribution is 2.28. The summed E-state index contributed by atoms with van der Waals surface area (Å²) in [7, 11) is 0. The molecular weight excluding hydrogens is 369 g/mol. The molecule has 4 nitrogen and oxygen atoms in total. The molecule has 0 spiro atoms. The highest BCUT2D eigenvalue weighted by atomic mass is 35.5. The van der Waals surface area contributed by atoms with E-state index in [2.05, 4.69) is 15.5 Å². The Labute approximate surface area is 150 Å². The van der Waals surface area contributed by atoms with Crippen molar-refractivity contribution in [3.8, 4) is 0 Å². The average molecular weight is 380 g/mol. The van der Waals surface area contributed by atoms with Gasteiger partial charge in [0.05, 0.1) is 5.03 Å². The van der Waals surface area contributed by atoms with Crippen molar-refractivity contribution in [3.63, 3.8) is 0 Å². The Kier molecular flexibility index (Phi) is 5.03. The van der Waals surface area contributed by atoms with Crippen molar-refractivity contribution in [2.45, 2.75) is 6.92 Å². The number of carbonyl (C=O) groups excluding carboxylic acids is 1. The minimum atomic E-state index is -0.415. The molecule has 0 unspecified atom stereocenters. The lowest BCUT2D eigenvalue weighted by Gasteiger charge is -2.01. The number of benzene rings is 1. The second kappa shape index (κ2) is 7.21. The van der Waals surface area contributed by atoms with E-state index < -0.39 is 5.91 Å². The second-order valence-electron chi connectivity index (χ2n) is 4.81. The molecule has 0 bridgehead atoms. The van der Waals surface area contributed by atoms with Crippen LogP contribution in [0.2, 0.25) is 0 Å². The maximum Gasteiger partial charge on any atom is 0.286 e. The third-order valence-corrected chi connectivity index (χ3v) is 5.26. The number of rotatable bonds is 4. The summed E-state index contributed by atoms with van der Waals surface area (Å²) in [5.41, 5.74) is 0.480. The maximum atomic E-state index is 12.9. The van der Waals surface area contributed by atoms with E-state index in [1.165, 1.54) is 29.1 Å². The maximum absolute atomic E-state index is 12.9. The van der Waals surface area contributed by atoms with Gasteiger partial charge in [-0.2, -0.15) is 0 Å². The molecule has 3 aromatic rings. The van der Waals surface area contributed by atoms with Crippen LogP contribution >= 0.6 is 34.3 Å². The van der Waals surface area contributed by atoms with Crippen LogP contribution in [0.5, 0.6) is 0 Å². The Morgan fingerprint density at radius 2 is 1.83 bits per heavy atom. The Bertz CT molecular complexity index is 902. The van der Waals surface area contributed by atoms with E-state index in [1.54, 1.807) is 17.4 Å². The predicted molar refractivity (Wildman–Crippen MR) is 97.0 cm³/mol. The molecule has 0 saturated heterocycles. The molecule has 2 aromatic heterocycles. The molecule has 1 N–H and O–H groups in total. The summed E-state index contributed by atoms with van der Waals surface area (Å²) in [6.07, 6.45) is 1.79. The largest absolute Gasteiger partial charge is 0.320 e. The van der Waals surface area contributed by atoms with Crippen LogP contribution in [0.25, 0.3) is 11.1 Å². The number of amides is 1. The zero-order valence-electron chi connectivity index (χ0n) is 12.4. The number of hydrogen-bond acceptors (Lipinski definition) is 5. The first-order valence-electron chi connectivity index (χ1n) is 6.86. The molecule has 0 aliphatic carbocycles. The molecule has 1 amide bonds. The van der Waals surface area contributed by atoms with Gasteiger partial charge in [-0.1, -0.05) is 22.9 Å². The van der Waals surface area contributed by atoms with Crippen LogP contribution in [0.15, 0.2) is 36.4 Å². The Hall–Kier alpha value is -2.09. The standard InChI is InChI=1S/C16H11ClFN3OS2/c1-9-2-7-12(23-9)8-13(17)15-20-21-16(24-15)14(22)19-11-5-3-10(18)4-6-11/h2-8H,1H3,(H,19,22)/b13-8-. The van der Waals surface area contributed by atoms with Gasteiger partial charge in [-0.05, 0) is 49.4 Å². The van der Waals surface area contributed by atoms with Gasteiger partial charge >= 0.3 is 0 Å². The molecule has 3 rings (SSSR count). The molecule has 0 fully saturated rings. The number of carbonyl (C=O) groups is 1. The van der Waals surface area contributed by atoms with Crippen molar-refractivity contribution in [2.75, 3.05) is 5.32 Å². The summed E-state index contributed by atoms with van der Waals surface area (Å²) >= 11 is 8.95. The third kappa shape index (κ3) is 4.05. The summed E-state index contributed by atoms with van der Waals surface area (Å²) in [6.45, 7) is 2.01. The summed E-state index contributed by atoms with van der Waals surface area (Å²) in [5.74, 6) is -0.784. The molecule has 0 atom stereocenters. The predicted octanol–water partition coefficient (Wildman–Crippen LogP) is 5.04. The van der Waals surface area contributed by atoms with Crippen LogP contribution in [-0.4, -0.2) is 16.1 Å². The molecule has 1 aromatic carbocycles. The van der Waals surface area contributed by atoms with Crippen LogP contribution in [0.3, 0.4) is 0 Å². The van der Waals surface area contributed by atoms with Crippen LogP contribution in [0.1, 0.15) is 24.6 Å². The van der Waals surface area contributed by atoms with E-state index in [-0.39, 0.29) is 10.8 Å². The zero-order chi connectivity index (χ0) is 17.1. The fourth-order valence-electron chi connectivity index (χ4n) is 1.85. The van der Waals surface area contributed by atoms with Crippen molar-refractivity contribution in [3.05, 3.63) is 62.0 Å². The minimum Gasteiger partial charge on any atom is -0.320 e. The molecule has 8 heteroatoms. The second-order valence-corrected chi connectivity index (χ2v) is 7.52. The monoisotopic (exact) mass is 379 g/mol. The quantitative estimate of drug-likeness (QED) is 0.691. The number of aryl methyl sites for hydroxylation is 1. The van der Waals surface area contributed by atoms with Crippen molar-refractivity contribution < 1.29 is 9.18 Å². The first kappa shape index (κ1) is 16.8. The van der Waals surface area contributed by atoms with Crippen molar-refractivity contribution in [1.29, 1.82) is 0 Å². The molecule has 0 aliphatic heterocycles. The molecule has 0 aliphatic rings. The number of anilines is 1. The van der Waals surface area contributed by atoms with E-state index in [4.69, 9.17) is 11.6 Å². The number of thiophene rings is 1. The number of nitrogens with zero attached hydrogens (tertiary/aromatic N) is 2. The zero-order valence-corrected chi connectivity index (χ0v) is 14.8. The van der Waals surface area contributed by atoms with Gasteiger partial charge in [-0.25, -0.2) is 4.39 Å². The Balaban J connectivity index is 1.73. The topological polar surface area (TPSA) is 54.9 Å². The van der Waals surface area contributed by atoms with Crippen LogP contribution in [0, 0.1) is 12.7 Å². The number of nitrogens with one attached hydrogen (secondary N) is 1. The Morgan fingerprint density at radius 1 is 1.12 bits per heavy atom. The highest BCUT2D eigenvalue weighted by molar-refractivity contribution is 7.15. The number of halogens is 2. The number of hydrogen-bond donors (Lipinski definition) is 1. The fraction of sp³-hybridized carbons (Fsp3) is 0.0625. The molecular formula is C16H11ClFN3OS2. The van der Waals surface area contributed by atoms with Crippen LogP contribution in [-0.2, 0) is 0 Å². The van der Waals surface area contributed by atoms with E-state index >= 15 is 0 Å². The lowest BCUT2D eigenvalue weighted by atomic mass is 10.3. The van der Waals surface area contributed by atoms with E-state index in [1.807, 2.05) is 19.1 Å². The van der Waals surface area contributed by atoms with Gasteiger partial charge in [0.2, 0.25) is 5.01 Å². The van der Waals surface area contributed by atoms with Gasteiger partial charge in [0.1, 0.15) is 5.82 Å². The summed E-state index contributed by atoms with van der Waals surface area (Å²) in [5, 5.41) is 11.5. The van der Waals surface area contributed by atoms with Gasteiger partial charge in [0.15, 0.2) is 5.01 Å². The van der Waals surface area contributed by atoms with Crippen molar-refractivity contribution in [1.82, 2.24) is 10.2 Å². The highest BCUT2D eigenvalue weighted by Gasteiger charge is 2.15. The van der Waals surface area contributed by atoms with E-state index in [9.17, 15) is 9.18 Å². The summed E-state index contributed by atoms with van der Waals surface area (Å²) < 4.78 is 12.9. The summed E-state index contributed by atoms with van der Waals surface area (Å²) in [4.78, 5) is 14.3. The SMILES string of the molecule is Cc1ccc(/C=C(\Cl)c2nnc(C(=O)Nc3ccc(F)cc3)s2)s1. The lowest BCUT2D eigenvalue weighted by Crippen LogP contribution is -2.11. The smallest absolute Gasteiger partial charge is 0.286 e. The molecule has 0 saturated carbocycles. The van der Waals surface area contributed by atoms with Crippen LogP contribution < -0.4 is 5.32 Å².